The lowest BCUT2D eigenvalue weighted by Crippen LogP contribution is -2.35. The van der Waals surface area contributed by atoms with Gasteiger partial charge in [-0.2, -0.15) is 0 Å². The molecule has 0 aliphatic heterocycles. The number of hydrogen-bond acceptors (Lipinski definition) is 3. The molecule has 0 heterocycles. The molecule has 0 unspecified atom stereocenters. The Kier molecular flexibility index (Phi) is 8.47. The molecule has 134 valence electrons. The van der Waals surface area contributed by atoms with Crippen molar-refractivity contribution in [1.82, 2.24) is 10.2 Å². The van der Waals surface area contributed by atoms with Gasteiger partial charge in [0.1, 0.15) is 0 Å². The summed E-state index contributed by atoms with van der Waals surface area (Å²) in [5, 5.41) is 2.92. The van der Waals surface area contributed by atoms with Crippen LogP contribution < -0.4 is 10.2 Å². The summed E-state index contributed by atoms with van der Waals surface area (Å²) in [5.74, 6) is 0.272. The van der Waals surface area contributed by atoms with Gasteiger partial charge in [0, 0.05) is 32.1 Å². The van der Waals surface area contributed by atoms with E-state index in [4.69, 9.17) is 0 Å². The van der Waals surface area contributed by atoms with Gasteiger partial charge in [-0.05, 0) is 44.6 Å². The predicted molar refractivity (Wildman–Crippen MR) is 99.4 cm³/mol. The Balaban J connectivity index is 2.62. The summed E-state index contributed by atoms with van der Waals surface area (Å²) in [6.45, 7) is 7.77. The topological polar surface area (TPSA) is 52.7 Å². The second kappa shape index (κ2) is 10.1. The molecule has 0 radical (unpaired) electrons. The molecule has 0 atom stereocenters. The lowest BCUT2D eigenvalue weighted by Gasteiger charge is -2.25. The highest BCUT2D eigenvalue weighted by Crippen LogP contribution is 2.27. The number of benzene rings is 1. The van der Waals surface area contributed by atoms with Crippen LogP contribution in [0.15, 0.2) is 24.3 Å². The van der Waals surface area contributed by atoms with E-state index in [1.165, 1.54) is 0 Å². The van der Waals surface area contributed by atoms with Gasteiger partial charge >= 0.3 is 0 Å². The van der Waals surface area contributed by atoms with E-state index in [1.807, 2.05) is 38.4 Å². The van der Waals surface area contributed by atoms with Crippen molar-refractivity contribution in [1.29, 1.82) is 0 Å². The van der Waals surface area contributed by atoms with Gasteiger partial charge in [0.2, 0.25) is 11.8 Å². The Morgan fingerprint density at radius 1 is 1.12 bits per heavy atom. The maximum Gasteiger partial charge on any atom is 0.223 e. The summed E-state index contributed by atoms with van der Waals surface area (Å²) < 4.78 is 0. The zero-order valence-electron chi connectivity index (χ0n) is 15.6. The summed E-state index contributed by atoms with van der Waals surface area (Å²) in [5.41, 5.74) is 2.03. The number of nitrogens with one attached hydrogen (secondary N) is 1. The Morgan fingerprint density at radius 2 is 1.79 bits per heavy atom. The SMILES string of the molecule is CC(=O)N(CCC(=O)NCCCN(C)C)c1ccccc1C(C)C. The number of anilines is 1. The van der Waals surface area contributed by atoms with Crippen molar-refractivity contribution >= 4 is 17.5 Å². The van der Waals surface area contributed by atoms with Crippen LogP contribution in [0.1, 0.15) is 45.1 Å². The zero-order valence-corrected chi connectivity index (χ0v) is 15.6. The fourth-order valence-corrected chi connectivity index (χ4v) is 2.59. The van der Waals surface area contributed by atoms with Crippen molar-refractivity contribution in [2.24, 2.45) is 0 Å². The molecule has 1 rings (SSSR count). The molecule has 0 spiro atoms. The number of hydrogen-bond donors (Lipinski definition) is 1. The van der Waals surface area contributed by atoms with Crippen LogP contribution in [0.4, 0.5) is 5.69 Å². The van der Waals surface area contributed by atoms with E-state index in [-0.39, 0.29) is 11.8 Å². The molecule has 0 aliphatic rings. The molecule has 0 bridgehead atoms. The molecular formula is C19H31N3O2. The van der Waals surface area contributed by atoms with Gasteiger partial charge in [0.05, 0.1) is 0 Å². The Bertz CT molecular complexity index is 541. The van der Waals surface area contributed by atoms with Gasteiger partial charge in [0.25, 0.3) is 0 Å². The summed E-state index contributed by atoms with van der Waals surface area (Å²) in [7, 11) is 4.03. The van der Waals surface area contributed by atoms with Crippen molar-refractivity contribution in [3.8, 4) is 0 Å². The molecule has 5 heteroatoms. The van der Waals surface area contributed by atoms with E-state index >= 15 is 0 Å². The minimum absolute atomic E-state index is 0.0120. The van der Waals surface area contributed by atoms with Crippen molar-refractivity contribution in [3.63, 3.8) is 0 Å². The minimum atomic E-state index is -0.0384. The van der Waals surface area contributed by atoms with E-state index in [1.54, 1.807) is 11.8 Å². The fraction of sp³-hybridized carbons (Fsp3) is 0.579. The normalized spacial score (nSPS) is 11.0. The maximum absolute atomic E-state index is 12.1. The molecule has 0 saturated heterocycles. The fourth-order valence-electron chi connectivity index (χ4n) is 2.59. The van der Waals surface area contributed by atoms with Gasteiger partial charge in [-0.1, -0.05) is 32.0 Å². The number of carbonyl (C=O) groups is 2. The molecule has 0 aromatic heterocycles. The number of para-hydroxylation sites is 1. The maximum atomic E-state index is 12.1. The van der Waals surface area contributed by atoms with E-state index in [9.17, 15) is 9.59 Å². The minimum Gasteiger partial charge on any atom is -0.356 e. The highest BCUT2D eigenvalue weighted by molar-refractivity contribution is 5.93. The molecule has 2 amide bonds. The number of amides is 2. The molecule has 5 nitrogen and oxygen atoms in total. The molecule has 1 aromatic rings. The second-order valence-electron chi connectivity index (χ2n) is 6.64. The molecular weight excluding hydrogens is 302 g/mol. The van der Waals surface area contributed by atoms with E-state index in [2.05, 4.69) is 24.1 Å². The van der Waals surface area contributed by atoms with Gasteiger partial charge in [-0.3, -0.25) is 9.59 Å². The first-order valence-electron chi connectivity index (χ1n) is 8.61. The van der Waals surface area contributed by atoms with Crippen molar-refractivity contribution < 1.29 is 9.59 Å². The van der Waals surface area contributed by atoms with E-state index < -0.39 is 0 Å². The van der Waals surface area contributed by atoms with E-state index in [0.717, 1.165) is 24.2 Å². The van der Waals surface area contributed by atoms with Gasteiger partial charge in [-0.15, -0.1) is 0 Å². The Morgan fingerprint density at radius 3 is 2.38 bits per heavy atom. The number of carbonyl (C=O) groups excluding carboxylic acids is 2. The third kappa shape index (κ3) is 6.71. The van der Waals surface area contributed by atoms with Crippen LogP contribution >= 0.6 is 0 Å². The lowest BCUT2D eigenvalue weighted by atomic mass is 10.0. The van der Waals surface area contributed by atoms with Gasteiger partial charge in [0.15, 0.2) is 0 Å². The standard InChI is InChI=1S/C19H31N3O2/c1-15(2)17-9-6-7-10-18(17)22(16(3)23)14-11-19(24)20-12-8-13-21(4)5/h6-7,9-10,15H,8,11-14H2,1-5H3,(H,20,24). The third-order valence-corrected chi connectivity index (χ3v) is 3.90. The number of nitrogens with zero attached hydrogens (tertiary/aromatic N) is 2. The highest BCUT2D eigenvalue weighted by atomic mass is 16.2. The molecule has 1 N–H and O–H groups in total. The molecule has 0 fully saturated rings. The average Bonchev–Trinajstić information content (AvgIpc) is 2.51. The van der Waals surface area contributed by atoms with Crippen LogP contribution in [0, 0.1) is 0 Å². The summed E-state index contributed by atoms with van der Waals surface area (Å²) >= 11 is 0. The molecule has 24 heavy (non-hydrogen) atoms. The molecule has 0 aliphatic carbocycles. The zero-order chi connectivity index (χ0) is 18.1. The first-order chi connectivity index (χ1) is 11.3. The van der Waals surface area contributed by atoms with Crippen LogP contribution in [-0.2, 0) is 9.59 Å². The van der Waals surface area contributed by atoms with Gasteiger partial charge < -0.3 is 15.1 Å². The Hall–Kier alpha value is -1.88. The van der Waals surface area contributed by atoms with Gasteiger partial charge in [-0.25, -0.2) is 0 Å². The first-order valence-corrected chi connectivity index (χ1v) is 8.61. The smallest absolute Gasteiger partial charge is 0.223 e. The third-order valence-electron chi connectivity index (χ3n) is 3.90. The Labute approximate surface area is 146 Å². The predicted octanol–water partition coefficient (Wildman–Crippen LogP) is 2.62. The van der Waals surface area contributed by atoms with Crippen LogP contribution in [0.3, 0.4) is 0 Å². The van der Waals surface area contributed by atoms with Crippen LogP contribution in [0.2, 0.25) is 0 Å². The largest absolute Gasteiger partial charge is 0.356 e. The second-order valence-corrected chi connectivity index (χ2v) is 6.64. The highest BCUT2D eigenvalue weighted by Gasteiger charge is 2.17. The van der Waals surface area contributed by atoms with Crippen LogP contribution in [0.5, 0.6) is 0 Å². The first kappa shape index (κ1) is 20.2. The summed E-state index contributed by atoms with van der Waals surface area (Å²) in [4.78, 5) is 27.9. The quantitative estimate of drug-likeness (QED) is 0.707. The lowest BCUT2D eigenvalue weighted by molar-refractivity contribution is -0.121. The average molecular weight is 333 g/mol. The monoisotopic (exact) mass is 333 g/mol. The van der Waals surface area contributed by atoms with Crippen molar-refractivity contribution in [2.75, 3.05) is 38.6 Å². The van der Waals surface area contributed by atoms with Crippen LogP contribution in [-0.4, -0.2) is 50.4 Å². The van der Waals surface area contributed by atoms with Crippen LogP contribution in [0.25, 0.3) is 0 Å². The van der Waals surface area contributed by atoms with Crippen molar-refractivity contribution in [2.45, 2.75) is 39.5 Å². The molecule has 0 saturated carbocycles. The van der Waals surface area contributed by atoms with Crippen molar-refractivity contribution in [3.05, 3.63) is 29.8 Å². The van der Waals surface area contributed by atoms with E-state index in [0.29, 0.717) is 25.4 Å². The summed E-state index contributed by atoms with van der Waals surface area (Å²) in [6, 6.07) is 7.90. The molecule has 1 aromatic carbocycles. The number of rotatable bonds is 9. The summed E-state index contributed by atoms with van der Waals surface area (Å²) in [6.07, 6.45) is 1.24.